The lowest BCUT2D eigenvalue weighted by Crippen LogP contribution is -2.34. The van der Waals surface area contributed by atoms with E-state index in [-0.39, 0.29) is 46.8 Å². The van der Waals surface area contributed by atoms with E-state index in [0.717, 1.165) is 36.0 Å². The topological polar surface area (TPSA) is 165 Å². The largest absolute Gasteiger partial charge is 0.470 e. The molecule has 0 spiro atoms. The summed E-state index contributed by atoms with van der Waals surface area (Å²) in [5.74, 6) is 0.0749. The van der Waals surface area contributed by atoms with Crippen molar-refractivity contribution >= 4 is 17.5 Å². The van der Waals surface area contributed by atoms with Crippen molar-refractivity contribution in [3.05, 3.63) is 95.1 Å². The summed E-state index contributed by atoms with van der Waals surface area (Å²) in [6, 6.07) is 16.7. The van der Waals surface area contributed by atoms with E-state index in [2.05, 4.69) is 25.6 Å². The van der Waals surface area contributed by atoms with Crippen LogP contribution < -0.4 is 26.8 Å². The number of benzene rings is 2. The van der Waals surface area contributed by atoms with E-state index in [1.165, 1.54) is 24.4 Å². The lowest BCUT2D eigenvalue weighted by Gasteiger charge is -2.18. The number of carbonyl (C=O) groups excluding carboxylic acids is 1. The van der Waals surface area contributed by atoms with E-state index in [0.29, 0.717) is 18.1 Å². The molecule has 3 atom stereocenters. The van der Waals surface area contributed by atoms with Gasteiger partial charge in [0.15, 0.2) is 5.82 Å². The molecule has 214 valence electrons. The van der Waals surface area contributed by atoms with Gasteiger partial charge in [-0.3, -0.25) is 4.79 Å². The van der Waals surface area contributed by atoms with E-state index in [1.54, 1.807) is 25.3 Å². The van der Waals surface area contributed by atoms with Gasteiger partial charge in [0.25, 0.3) is 11.8 Å². The molecule has 2 aromatic carbocycles. The molecule has 2 heterocycles. The summed E-state index contributed by atoms with van der Waals surface area (Å²) in [5.41, 5.74) is 15.7. The zero-order chi connectivity index (χ0) is 29.6. The van der Waals surface area contributed by atoms with Gasteiger partial charge in [-0.2, -0.15) is 5.26 Å². The highest BCUT2D eigenvalue weighted by Crippen LogP contribution is 2.28. The monoisotopic (exact) mass is 566 g/mol. The fourth-order valence-electron chi connectivity index (χ4n) is 4.78. The number of nitrogen functional groups attached to an aromatic ring is 1. The molecule has 0 aliphatic heterocycles. The standard InChI is InChI=1S/C31H31FN8O2/c1-18(21-9-11-23(32)12-10-21)39-30(41)24-13-20(14-33)16-38-29(24)37-15-19-5-7-22(8-6-19)26-17-36-28(35)31(40-26)42-27-4-2-3-25(27)34/h5-13,16-18,25,27H,2-4,15,34H2,1H3,(H2,35,36)(H,37,38)(H,39,41)/t18?,25-,27-/m1/s1. The average molecular weight is 567 g/mol. The second kappa shape index (κ2) is 12.6. The molecule has 0 radical (unpaired) electrons. The molecule has 0 bridgehead atoms. The van der Waals surface area contributed by atoms with Gasteiger partial charge in [-0.1, -0.05) is 36.4 Å². The number of nitrogens with two attached hydrogens (primary N) is 2. The van der Waals surface area contributed by atoms with Crippen LogP contribution in [0.15, 0.2) is 67.0 Å². The van der Waals surface area contributed by atoms with Gasteiger partial charge in [0, 0.05) is 24.3 Å². The van der Waals surface area contributed by atoms with Gasteiger partial charge in [-0.25, -0.2) is 19.3 Å². The van der Waals surface area contributed by atoms with E-state index < -0.39 is 5.91 Å². The zero-order valence-electron chi connectivity index (χ0n) is 23.0. The van der Waals surface area contributed by atoms with E-state index in [4.69, 9.17) is 16.2 Å². The fraction of sp³-hybridized carbons (Fsp3) is 0.258. The summed E-state index contributed by atoms with van der Waals surface area (Å²) in [6.45, 7) is 2.17. The summed E-state index contributed by atoms with van der Waals surface area (Å²) < 4.78 is 19.3. The van der Waals surface area contributed by atoms with Crippen molar-refractivity contribution in [2.45, 2.75) is 50.9 Å². The molecule has 2 aromatic heterocycles. The summed E-state index contributed by atoms with van der Waals surface area (Å²) in [4.78, 5) is 26.3. The lowest BCUT2D eigenvalue weighted by atomic mass is 10.1. The first kappa shape index (κ1) is 28.4. The number of nitrogens with zero attached hydrogens (tertiary/aromatic N) is 4. The Kier molecular flexibility index (Phi) is 8.55. The summed E-state index contributed by atoms with van der Waals surface area (Å²) in [7, 11) is 0. The predicted octanol–water partition coefficient (Wildman–Crippen LogP) is 4.49. The molecule has 0 saturated heterocycles. The Labute approximate surface area is 243 Å². The maximum absolute atomic E-state index is 13.3. The van der Waals surface area contributed by atoms with Crippen molar-refractivity contribution in [3.63, 3.8) is 0 Å². The van der Waals surface area contributed by atoms with Gasteiger partial charge in [0.2, 0.25) is 0 Å². The molecule has 1 amide bonds. The first-order valence-electron chi connectivity index (χ1n) is 13.6. The maximum Gasteiger partial charge on any atom is 0.258 e. The van der Waals surface area contributed by atoms with Crippen LogP contribution in [0.25, 0.3) is 11.3 Å². The second-order valence-corrected chi connectivity index (χ2v) is 10.2. The van der Waals surface area contributed by atoms with Crippen LogP contribution in [-0.2, 0) is 6.54 Å². The number of hydrogen-bond acceptors (Lipinski definition) is 9. The Morgan fingerprint density at radius 1 is 1.14 bits per heavy atom. The fourth-order valence-corrected chi connectivity index (χ4v) is 4.78. The van der Waals surface area contributed by atoms with Crippen molar-refractivity contribution in [2.75, 3.05) is 11.1 Å². The smallest absolute Gasteiger partial charge is 0.258 e. The Balaban J connectivity index is 1.27. The van der Waals surface area contributed by atoms with Gasteiger partial charge < -0.3 is 26.8 Å². The van der Waals surface area contributed by atoms with E-state index in [9.17, 15) is 14.4 Å². The lowest BCUT2D eigenvalue weighted by molar-refractivity contribution is 0.0940. The number of carbonyl (C=O) groups is 1. The summed E-state index contributed by atoms with van der Waals surface area (Å²) in [6.07, 6.45) is 5.66. The first-order valence-corrected chi connectivity index (χ1v) is 13.6. The number of ether oxygens (including phenoxy) is 1. The first-order chi connectivity index (χ1) is 20.3. The minimum absolute atomic E-state index is 0.0444. The molecule has 1 unspecified atom stereocenters. The quantitative estimate of drug-likeness (QED) is 0.228. The van der Waals surface area contributed by atoms with Crippen LogP contribution >= 0.6 is 0 Å². The average Bonchev–Trinajstić information content (AvgIpc) is 3.41. The third-order valence-corrected chi connectivity index (χ3v) is 7.22. The molecule has 10 nitrogen and oxygen atoms in total. The predicted molar refractivity (Wildman–Crippen MR) is 157 cm³/mol. The van der Waals surface area contributed by atoms with Crippen LogP contribution in [0.5, 0.6) is 5.88 Å². The highest BCUT2D eigenvalue weighted by atomic mass is 19.1. The Morgan fingerprint density at radius 2 is 1.90 bits per heavy atom. The Morgan fingerprint density at radius 3 is 2.60 bits per heavy atom. The van der Waals surface area contributed by atoms with Crippen molar-refractivity contribution in [2.24, 2.45) is 5.73 Å². The number of aromatic nitrogens is 3. The molecular formula is C31H31FN8O2. The Hall–Kier alpha value is -5.08. The minimum Gasteiger partial charge on any atom is -0.470 e. The molecule has 1 fully saturated rings. The van der Waals surface area contributed by atoms with Gasteiger partial charge in [0.05, 0.1) is 29.1 Å². The van der Waals surface area contributed by atoms with Crippen molar-refractivity contribution in [1.82, 2.24) is 20.3 Å². The molecule has 1 saturated carbocycles. The van der Waals surface area contributed by atoms with E-state index in [1.807, 2.05) is 30.3 Å². The highest BCUT2D eigenvalue weighted by molar-refractivity contribution is 5.99. The van der Waals surface area contributed by atoms with Gasteiger partial charge in [-0.15, -0.1) is 0 Å². The maximum atomic E-state index is 13.3. The minimum atomic E-state index is -0.409. The van der Waals surface area contributed by atoms with Crippen molar-refractivity contribution < 1.29 is 13.9 Å². The number of halogens is 1. The van der Waals surface area contributed by atoms with Crippen LogP contribution in [0.4, 0.5) is 16.0 Å². The molecule has 6 N–H and O–H groups in total. The summed E-state index contributed by atoms with van der Waals surface area (Å²) >= 11 is 0. The van der Waals surface area contributed by atoms with Crippen LogP contribution in [0.1, 0.15) is 59.3 Å². The molecule has 4 aromatic rings. The number of nitriles is 1. The molecule has 11 heteroatoms. The number of nitrogens with one attached hydrogen (secondary N) is 2. The Bertz CT molecular complexity index is 1610. The van der Waals surface area contributed by atoms with E-state index >= 15 is 0 Å². The number of pyridine rings is 1. The number of anilines is 2. The van der Waals surface area contributed by atoms with Crippen molar-refractivity contribution in [3.8, 4) is 23.2 Å². The van der Waals surface area contributed by atoms with Gasteiger partial charge >= 0.3 is 0 Å². The van der Waals surface area contributed by atoms with Crippen molar-refractivity contribution in [1.29, 1.82) is 5.26 Å². The van der Waals surface area contributed by atoms with Crippen LogP contribution in [0.2, 0.25) is 0 Å². The van der Waals surface area contributed by atoms with Crippen LogP contribution in [-0.4, -0.2) is 33.0 Å². The van der Waals surface area contributed by atoms with Crippen LogP contribution in [0.3, 0.4) is 0 Å². The summed E-state index contributed by atoms with van der Waals surface area (Å²) in [5, 5.41) is 15.4. The molecular weight excluding hydrogens is 535 g/mol. The normalized spacial score (nSPS) is 16.8. The number of rotatable bonds is 9. The third kappa shape index (κ3) is 6.62. The molecule has 42 heavy (non-hydrogen) atoms. The highest BCUT2D eigenvalue weighted by Gasteiger charge is 2.27. The third-order valence-electron chi connectivity index (χ3n) is 7.22. The number of amides is 1. The second-order valence-electron chi connectivity index (χ2n) is 10.2. The van der Waals surface area contributed by atoms with Crippen LogP contribution in [0, 0.1) is 17.1 Å². The van der Waals surface area contributed by atoms with Gasteiger partial charge in [0.1, 0.15) is 23.8 Å². The molecule has 1 aliphatic rings. The number of hydrogen-bond donors (Lipinski definition) is 4. The SMILES string of the molecule is CC(NC(=O)c1cc(C#N)cnc1NCc1ccc(-c2cnc(N)c(O[C@@H]3CCC[C@H]3N)n2)cc1)c1ccc(F)cc1. The zero-order valence-corrected chi connectivity index (χ0v) is 23.0. The van der Waals surface area contributed by atoms with Gasteiger partial charge in [-0.05, 0) is 55.5 Å². The molecule has 1 aliphatic carbocycles. The molecule has 5 rings (SSSR count).